The molecule has 0 aliphatic heterocycles. The Morgan fingerprint density at radius 3 is 2.32 bits per heavy atom. The molecular weight excluding hydrogens is 374 g/mol. The second kappa shape index (κ2) is 8.75. The third-order valence-corrected chi connectivity index (χ3v) is 6.32. The van der Waals surface area contributed by atoms with Crippen LogP contribution in [-0.2, 0) is 15.0 Å². The SMILES string of the molecule is Cc1ccc(C)c(N(CC(=O)Nc2ccccc2C(C)C)S(=O)(=O)N(C)C)c1. The van der Waals surface area contributed by atoms with Crippen molar-refractivity contribution in [2.45, 2.75) is 33.6 Å². The molecule has 0 heterocycles. The van der Waals surface area contributed by atoms with Gasteiger partial charge in [-0.15, -0.1) is 0 Å². The highest BCUT2D eigenvalue weighted by atomic mass is 32.2. The number of hydrogen-bond donors (Lipinski definition) is 1. The normalized spacial score (nSPS) is 11.7. The Hall–Kier alpha value is -2.38. The lowest BCUT2D eigenvalue weighted by atomic mass is 10.0. The quantitative estimate of drug-likeness (QED) is 0.767. The van der Waals surface area contributed by atoms with Crippen molar-refractivity contribution < 1.29 is 13.2 Å². The zero-order valence-corrected chi connectivity index (χ0v) is 18.2. The summed E-state index contributed by atoms with van der Waals surface area (Å²) >= 11 is 0. The van der Waals surface area contributed by atoms with Crippen molar-refractivity contribution in [3.63, 3.8) is 0 Å². The number of para-hydroxylation sites is 1. The molecule has 2 aromatic rings. The van der Waals surface area contributed by atoms with Crippen molar-refractivity contribution in [3.8, 4) is 0 Å². The maximum absolute atomic E-state index is 12.9. The van der Waals surface area contributed by atoms with Crippen LogP contribution in [0, 0.1) is 13.8 Å². The van der Waals surface area contributed by atoms with Crippen molar-refractivity contribution in [2.24, 2.45) is 0 Å². The Balaban J connectivity index is 2.39. The molecule has 0 aliphatic carbocycles. The van der Waals surface area contributed by atoms with Gasteiger partial charge in [-0.2, -0.15) is 12.7 Å². The molecule has 0 aromatic heterocycles. The van der Waals surface area contributed by atoms with Gasteiger partial charge >= 0.3 is 10.2 Å². The summed E-state index contributed by atoms with van der Waals surface area (Å²) in [6.45, 7) is 7.51. The van der Waals surface area contributed by atoms with Gasteiger partial charge in [-0.25, -0.2) is 4.31 Å². The number of rotatable bonds is 7. The van der Waals surface area contributed by atoms with Crippen LogP contribution in [0.3, 0.4) is 0 Å². The number of amides is 1. The molecule has 0 saturated heterocycles. The second-order valence-corrected chi connectivity index (χ2v) is 9.44. The predicted octanol–water partition coefficient (Wildman–Crippen LogP) is 3.68. The van der Waals surface area contributed by atoms with Crippen LogP contribution >= 0.6 is 0 Å². The van der Waals surface area contributed by atoms with Crippen LogP contribution in [0.1, 0.15) is 36.5 Å². The number of benzene rings is 2. The Morgan fingerprint density at radius 2 is 1.71 bits per heavy atom. The first-order valence-corrected chi connectivity index (χ1v) is 10.6. The van der Waals surface area contributed by atoms with Crippen LogP contribution in [0.15, 0.2) is 42.5 Å². The molecule has 0 unspecified atom stereocenters. The minimum atomic E-state index is -3.84. The lowest BCUT2D eigenvalue weighted by Crippen LogP contribution is -2.44. The maximum Gasteiger partial charge on any atom is 0.304 e. The van der Waals surface area contributed by atoms with E-state index in [2.05, 4.69) is 5.32 Å². The molecule has 6 nitrogen and oxygen atoms in total. The number of nitrogens with one attached hydrogen (secondary N) is 1. The smallest absolute Gasteiger partial charge is 0.304 e. The van der Waals surface area contributed by atoms with E-state index in [-0.39, 0.29) is 18.4 Å². The molecule has 0 aliphatic rings. The van der Waals surface area contributed by atoms with E-state index in [1.165, 1.54) is 14.1 Å². The second-order valence-electron chi connectivity index (χ2n) is 7.38. The third kappa shape index (κ3) is 4.91. The summed E-state index contributed by atoms with van der Waals surface area (Å²) in [4.78, 5) is 12.8. The van der Waals surface area contributed by atoms with E-state index in [0.29, 0.717) is 11.4 Å². The molecule has 7 heteroatoms. The zero-order chi connectivity index (χ0) is 21.1. The molecule has 28 heavy (non-hydrogen) atoms. The van der Waals surface area contributed by atoms with E-state index in [1.807, 2.05) is 64.1 Å². The minimum absolute atomic E-state index is 0.233. The van der Waals surface area contributed by atoms with Crippen molar-refractivity contribution in [2.75, 3.05) is 30.3 Å². The lowest BCUT2D eigenvalue weighted by Gasteiger charge is -2.28. The molecule has 2 rings (SSSR count). The van der Waals surface area contributed by atoms with Gasteiger partial charge in [0.25, 0.3) is 0 Å². The molecule has 0 fully saturated rings. The van der Waals surface area contributed by atoms with Gasteiger partial charge in [0.2, 0.25) is 5.91 Å². The van der Waals surface area contributed by atoms with Gasteiger partial charge in [0, 0.05) is 19.8 Å². The van der Waals surface area contributed by atoms with Crippen LogP contribution in [0.4, 0.5) is 11.4 Å². The van der Waals surface area contributed by atoms with Crippen LogP contribution in [0.25, 0.3) is 0 Å². The number of carbonyl (C=O) groups is 1. The van der Waals surface area contributed by atoms with E-state index in [9.17, 15) is 13.2 Å². The Kier molecular flexibility index (Phi) is 6.85. The average Bonchev–Trinajstić information content (AvgIpc) is 2.62. The van der Waals surface area contributed by atoms with Crippen LogP contribution < -0.4 is 9.62 Å². The molecule has 1 N–H and O–H groups in total. The molecule has 0 radical (unpaired) electrons. The fourth-order valence-corrected chi connectivity index (χ4v) is 4.03. The fourth-order valence-electron chi connectivity index (χ4n) is 2.91. The number of aryl methyl sites for hydroxylation is 2. The monoisotopic (exact) mass is 403 g/mol. The highest BCUT2D eigenvalue weighted by Crippen LogP contribution is 2.26. The molecule has 0 bridgehead atoms. The summed E-state index contributed by atoms with van der Waals surface area (Å²) in [6.07, 6.45) is 0. The Morgan fingerprint density at radius 1 is 1.07 bits per heavy atom. The van der Waals surface area contributed by atoms with Crippen LogP contribution in [-0.4, -0.2) is 39.3 Å². The lowest BCUT2D eigenvalue weighted by molar-refractivity contribution is -0.114. The first kappa shape index (κ1) is 21.9. The van der Waals surface area contributed by atoms with Gasteiger partial charge in [-0.1, -0.05) is 44.2 Å². The fraction of sp³-hybridized carbons (Fsp3) is 0.381. The molecule has 152 valence electrons. The van der Waals surface area contributed by atoms with E-state index < -0.39 is 10.2 Å². The summed E-state index contributed by atoms with van der Waals surface area (Å²) in [5, 5.41) is 2.87. The molecule has 2 aromatic carbocycles. The average molecular weight is 404 g/mol. The van der Waals surface area contributed by atoms with Gasteiger partial charge in [0.15, 0.2) is 0 Å². The van der Waals surface area contributed by atoms with Gasteiger partial charge in [0.1, 0.15) is 6.54 Å². The molecule has 0 spiro atoms. The Bertz CT molecular complexity index is 953. The zero-order valence-electron chi connectivity index (χ0n) is 17.4. The standard InChI is InChI=1S/C21H29N3O3S/c1-15(2)18-9-7-8-10-19(18)22-21(25)14-24(28(26,27)23(5)6)20-13-16(3)11-12-17(20)4/h7-13,15H,14H2,1-6H3,(H,22,25). The molecule has 0 atom stereocenters. The molecule has 1 amide bonds. The maximum atomic E-state index is 12.9. The van der Waals surface area contributed by atoms with Gasteiger partial charge in [-0.05, 0) is 48.6 Å². The first-order chi connectivity index (χ1) is 13.0. The summed E-state index contributed by atoms with van der Waals surface area (Å²) in [6, 6.07) is 13.1. The van der Waals surface area contributed by atoms with Crippen molar-refractivity contribution in [3.05, 3.63) is 59.2 Å². The summed E-state index contributed by atoms with van der Waals surface area (Å²) in [7, 11) is -0.924. The number of anilines is 2. The summed E-state index contributed by atoms with van der Waals surface area (Å²) in [5.74, 6) is -0.156. The van der Waals surface area contributed by atoms with Crippen molar-refractivity contribution >= 4 is 27.5 Å². The van der Waals surface area contributed by atoms with Crippen molar-refractivity contribution in [1.82, 2.24) is 4.31 Å². The molecular formula is C21H29N3O3S. The van der Waals surface area contributed by atoms with Gasteiger partial charge in [0.05, 0.1) is 5.69 Å². The van der Waals surface area contributed by atoms with Crippen LogP contribution in [0.5, 0.6) is 0 Å². The molecule has 0 saturated carbocycles. The van der Waals surface area contributed by atoms with E-state index >= 15 is 0 Å². The first-order valence-electron chi connectivity index (χ1n) is 9.20. The summed E-state index contributed by atoms with van der Waals surface area (Å²) < 4.78 is 28.1. The third-order valence-electron chi connectivity index (χ3n) is 4.52. The van der Waals surface area contributed by atoms with E-state index in [4.69, 9.17) is 0 Å². The van der Waals surface area contributed by atoms with E-state index in [0.717, 1.165) is 25.3 Å². The highest BCUT2D eigenvalue weighted by molar-refractivity contribution is 7.90. The van der Waals surface area contributed by atoms with E-state index in [1.54, 1.807) is 6.07 Å². The highest BCUT2D eigenvalue weighted by Gasteiger charge is 2.28. The van der Waals surface area contributed by atoms with Crippen molar-refractivity contribution in [1.29, 1.82) is 0 Å². The Labute approximate surface area is 168 Å². The minimum Gasteiger partial charge on any atom is -0.324 e. The van der Waals surface area contributed by atoms with Crippen LogP contribution in [0.2, 0.25) is 0 Å². The number of carbonyl (C=O) groups excluding carboxylic acids is 1. The number of hydrogen-bond acceptors (Lipinski definition) is 3. The number of nitrogens with zero attached hydrogens (tertiary/aromatic N) is 2. The summed E-state index contributed by atoms with van der Waals surface area (Å²) in [5.41, 5.74) is 3.91. The van der Waals surface area contributed by atoms with Gasteiger partial charge < -0.3 is 5.32 Å². The topological polar surface area (TPSA) is 69.7 Å². The largest absolute Gasteiger partial charge is 0.324 e. The van der Waals surface area contributed by atoms with Gasteiger partial charge in [-0.3, -0.25) is 4.79 Å². The predicted molar refractivity (Wildman–Crippen MR) is 115 cm³/mol.